The van der Waals surface area contributed by atoms with Crippen molar-refractivity contribution in [3.63, 3.8) is 0 Å². The van der Waals surface area contributed by atoms with Crippen molar-refractivity contribution < 1.29 is 0 Å². The topological polar surface area (TPSA) is 12.0 Å². The zero-order valence-electron chi connectivity index (χ0n) is 9.63. The summed E-state index contributed by atoms with van der Waals surface area (Å²) in [4.78, 5) is 2.70. The highest BCUT2D eigenvalue weighted by Crippen LogP contribution is 2.31. The molecule has 1 aromatic carbocycles. The summed E-state index contributed by atoms with van der Waals surface area (Å²) >= 11 is 8.88. The van der Waals surface area contributed by atoms with Crippen LogP contribution in [0.3, 0.4) is 0 Å². The molecule has 0 bridgehead atoms. The van der Waals surface area contributed by atoms with E-state index in [0.29, 0.717) is 6.04 Å². The summed E-state index contributed by atoms with van der Waals surface area (Å²) in [6, 6.07) is 10.8. The van der Waals surface area contributed by atoms with E-state index in [1.165, 1.54) is 9.75 Å². The Kier molecular flexibility index (Phi) is 4.28. The van der Waals surface area contributed by atoms with Crippen molar-refractivity contribution in [2.24, 2.45) is 0 Å². The molecule has 2 rings (SSSR count). The van der Waals surface area contributed by atoms with E-state index >= 15 is 0 Å². The van der Waals surface area contributed by atoms with Crippen LogP contribution in [0, 0.1) is 6.92 Å². The van der Waals surface area contributed by atoms with Gasteiger partial charge in [-0.05, 0) is 60.1 Å². The lowest BCUT2D eigenvalue weighted by Crippen LogP contribution is -2.05. The maximum absolute atomic E-state index is 3.56. The lowest BCUT2D eigenvalue weighted by Gasteiger charge is -2.15. The van der Waals surface area contributed by atoms with Crippen LogP contribution >= 0.6 is 43.2 Å². The molecule has 2 aromatic rings. The molecular formula is C13H13Br2NS. The van der Waals surface area contributed by atoms with Crippen molar-refractivity contribution in [3.05, 3.63) is 49.0 Å². The molecule has 0 aliphatic heterocycles. The lowest BCUT2D eigenvalue weighted by atomic mass is 10.2. The van der Waals surface area contributed by atoms with Gasteiger partial charge in [0.1, 0.15) is 0 Å². The molecular weight excluding hydrogens is 362 g/mol. The van der Waals surface area contributed by atoms with Crippen LogP contribution in [-0.2, 0) is 0 Å². The fraction of sp³-hybridized carbons (Fsp3) is 0.231. The Morgan fingerprint density at radius 3 is 2.59 bits per heavy atom. The standard InChI is InChI=1S/C13H13Br2NS/c1-8-3-6-13(17-8)9(2)16-12-7-10(14)4-5-11(12)15/h3-7,9,16H,1-2H3. The molecule has 0 amide bonds. The second-order valence-corrected chi connectivity index (χ2v) is 7.03. The zero-order chi connectivity index (χ0) is 12.4. The molecule has 1 N–H and O–H groups in total. The van der Waals surface area contributed by atoms with Gasteiger partial charge >= 0.3 is 0 Å². The van der Waals surface area contributed by atoms with Crippen molar-refractivity contribution >= 4 is 48.9 Å². The highest BCUT2D eigenvalue weighted by Gasteiger charge is 2.09. The Hall–Kier alpha value is -0.320. The average molecular weight is 375 g/mol. The summed E-state index contributed by atoms with van der Waals surface area (Å²) in [6.07, 6.45) is 0. The van der Waals surface area contributed by atoms with E-state index in [1.54, 1.807) is 0 Å². The second-order valence-electron chi connectivity index (χ2n) is 3.94. The Morgan fingerprint density at radius 1 is 1.18 bits per heavy atom. The molecule has 0 spiro atoms. The van der Waals surface area contributed by atoms with Gasteiger partial charge in [0.15, 0.2) is 0 Å². The average Bonchev–Trinajstić information content (AvgIpc) is 2.70. The summed E-state index contributed by atoms with van der Waals surface area (Å²) in [5, 5.41) is 3.51. The van der Waals surface area contributed by atoms with Gasteiger partial charge in [-0.25, -0.2) is 0 Å². The van der Waals surface area contributed by atoms with Crippen LogP contribution in [-0.4, -0.2) is 0 Å². The van der Waals surface area contributed by atoms with Gasteiger partial charge < -0.3 is 5.32 Å². The SMILES string of the molecule is Cc1ccc(C(C)Nc2cc(Br)ccc2Br)s1. The minimum atomic E-state index is 0.319. The molecule has 0 saturated heterocycles. The number of thiophene rings is 1. The molecule has 0 saturated carbocycles. The first-order chi connectivity index (χ1) is 8.06. The summed E-state index contributed by atoms with van der Waals surface area (Å²) in [7, 11) is 0. The fourth-order valence-electron chi connectivity index (χ4n) is 1.60. The van der Waals surface area contributed by atoms with Gasteiger partial charge in [0.05, 0.1) is 11.7 Å². The first-order valence-electron chi connectivity index (χ1n) is 5.34. The number of benzene rings is 1. The van der Waals surface area contributed by atoms with Crippen LogP contribution in [0.15, 0.2) is 39.3 Å². The molecule has 1 aromatic heterocycles. The molecule has 1 heterocycles. The monoisotopic (exact) mass is 373 g/mol. The molecule has 1 unspecified atom stereocenters. The number of hydrogen-bond acceptors (Lipinski definition) is 2. The van der Waals surface area contributed by atoms with Crippen molar-refractivity contribution in [1.29, 1.82) is 0 Å². The molecule has 90 valence electrons. The van der Waals surface area contributed by atoms with Gasteiger partial charge in [-0.2, -0.15) is 0 Å². The van der Waals surface area contributed by atoms with Crippen molar-refractivity contribution in [1.82, 2.24) is 0 Å². The van der Waals surface area contributed by atoms with E-state index in [4.69, 9.17) is 0 Å². The molecule has 0 aliphatic rings. The Labute approximate surface area is 123 Å². The maximum Gasteiger partial charge on any atom is 0.0578 e. The smallest absolute Gasteiger partial charge is 0.0578 e. The van der Waals surface area contributed by atoms with Gasteiger partial charge in [-0.15, -0.1) is 11.3 Å². The van der Waals surface area contributed by atoms with Crippen LogP contribution in [0.2, 0.25) is 0 Å². The first-order valence-corrected chi connectivity index (χ1v) is 7.74. The van der Waals surface area contributed by atoms with E-state index < -0.39 is 0 Å². The predicted molar refractivity (Wildman–Crippen MR) is 82.9 cm³/mol. The number of anilines is 1. The summed E-state index contributed by atoms with van der Waals surface area (Å²) < 4.78 is 2.17. The molecule has 0 fully saturated rings. The fourth-order valence-corrected chi connectivity index (χ4v) is 3.20. The molecule has 1 atom stereocenters. The molecule has 4 heteroatoms. The van der Waals surface area contributed by atoms with Gasteiger partial charge in [0, 0.05) is 18.7 Å². The summed E-state index contributed by atoms with van der Waals surface area (Å²) in [5.41, 5.74) is 1.11. The molecule has 0 radical (unpaired) electrons. The van der Waals surface area contributed by atoms with Gasteiger partial charge in [0.25, 0.3) is 0 Å². The Balaban J connectivity index is 2.18. The van der Waals surface area contributed by atoms with Gasteiger partial charge in [-0.3, -0.25) is 0 Å². The predicted octanol–water partition coefficient (Wildman–Crippen LogP) is 5.75. The van der Waals surface area contributed by atoms with Gasteiger partial charge in [-0.1, -0.05) is 15.9 Å². The second kappa shape index (κ2) is 5.55. The van der Waals surface area contributed by atoms with E-state index in [9.17, 15) is 0 Å². The number of rotatable bonds is 3. The third-order valence-corrected chi connectivity index (χ3v) is 4.86. The van der Waals surface area contributed by atoms with Crippen LogP contribution in [0.25, 0.3) is 0 Å². The largest absolute Gasteiger partial charge is 0.377 e. The van der Waals surface area contributed by atoms with Crippen LogP contribution in [0.4, 0.5) is 5.69 Å². The van der Waals surface area contributed by atoms with Crippen molar-refractivity contribution in [2.75, 3.05) is 5.32 Å². The van der Waals surface area contributed by atoms with E-state index in [1.807, 2.05) is 23.5 Å². The van der Waals surface area contributed by atoms with Crippen molar-refractivity contribution in [3.8, 4) is 0 Å². The molecule has 17 heavy (non-hydrogen) atoms. The molecule has 0 aliphatic carbocycles. The quantitative estimate of drug-likeness (QED) is 0.720. The number of halogens is 2. The number of hydrogen-bond donors (Lipinski definition) is 1. The lowest BCUT2D eigenvalue weighted by molar-refractivity contribution is 0.906. The third-order valence-electron chi connectivity index (χ3n) is 2.49. The van der Waals surface area contributed by atoms with Gasteiger partial charge in [0.2, 0.25) is 0 Å². The van der Waals surface area contributed by atoms with E-state index in [2.05, 4.69) is 69.2 Å². The van der Waals surface area contributed by atoms with E-state index in [0.717, 1.165) is 14.6 Å². The van der Waals surface area contributed by atoms with E-state index in [-0.39, 0.29) is 0 Å². The van der Waals surface area contributed by atoms with Crippen LogP contribution < -0.4 is 5.32 Å². The molecule has 1 nitrogen and oxygen atoms in total. The first kappa shape index (κ1) is 13.1. The normalized spacial score (nSPS) is 12.5. The van der Waals surface area contributed by atoms with Crippen molar-refractivity contribution in [2.45, 2.75) is 19.9 Å². The highest BCUT2D eigenvalue weighted by molar-refractivity contribution is 9.11. The zero-order valence-corrected chi connectivity index (χ0v) is 13.6. The highest BCUT2D eigenvalue weighted by atomic mass is 79.9. The minimum Gasteiger partial charge on any atom is -0.377 e. The Bertz CT molecular complexity index is 522. The third kappa shape index (κ3) is 3.33. The van der Waals surface area contributed by atoms with Crippen LogP contribution in [0.1, 0.15) is 22.7 Å². The summed E-state index contributed by atoms with van der Waals surface area (Å²) in [5.74, 6) is 0. The maximum atomic E-state index is 3.56. The summed E-state index contributed by atoms with van der Waals surface area (Å²) in [6.45, 7) is 4.31. The Morgan fingerprint density at radius 2 is 1.94 bits per heavy atom. The number of nitrogens with one attached hydrogen (secondary N) is 1. The minimum absolute atomic E-state index is 0.319. The number of aryl methyl sites for hydroxylation is 1. The van der Waals surface area contributed by atoms with Crippen LogP contribution in [0.5, 0.6) is 0 Å².